The summed E-state index contributed by atoms with van der Waals surface area (Å²) in [5.41, 5.74) is -1.58. The quantitative estimate of drug-likeness (QED) is 0.148. The first-order chi connectivity index (χ1) is 24.0. The second kappa shape index (κ2) is 16.5. The minimum atomic E-state index is -3.84. The average Bonchev–Trinajstić information content (AvgIpc) is 3.37. The normalized spacial score (nSPS) is 21.3. The highest BCUT2D eigenvalue weighted by molar-refractivity contribution is 7.89. The van der Waals surface area contributed by atoms with Crippen molar-refractivity contribution in [2.45, 2.75) is 111 Å². The number of Topliss-reactive ketones (excluding diaryl/α,β-unsaturated/α-hetero) is 1. The molecule has 1 saturated heterocycles. The van der Waals surface area contributed by atoms with E-state index < -0.39 is 74.6 Å². The van der Waals surface area contributed by atoms with E-state index in [0.717, 1.165) is 6.42 Å². The first-order valence-electron chi connectivity index (χ1n) is 18.1. The SMILES string of the molecule is C=CCNC(=O)C(=O)C(CCCC)NC(=O)[C@@H]1[C@@H]2[C@H](CN1C(=O)[C@@H](NC(=O)N[C@H](CN(C)S(=O)(=O)c1ccccc1)C(C)(C)C)C(C)(C)C)C2(C)C. The number of fused-ring (bicyclic) bond motifs is 1. The van der Waals surface area contributed by atoms with Crippen molar-refractivity contribution in [3.63, 3.8) is 0 Å². The van der Waals surface area contributed by atoms with Crippen molar-refractivity contribution in [1.29, 1.82) is 0 Å². The summed E-state index contributed by atoms with van der Waals surface area (Å²) in [6, 6.07) is 3.72. The maximum absolute atomic E-state index is 14.5. The highest BCUT2D eigenvalue weighted by atomic mass is 32.2. The van der Waals surface area contributed by atoms with Gasteiger partial charge in [-0.25, -0.2) is 13.2 Å². The van der Waals surface area contributed by atoms with Crippen LogP contribution in [0.4, 0.5) is 4.79 Å². The molecule has 1 heterocycles. The third-order valence-electron chi connectivity index (χ3n) is 10.5. The van der Waals surface area contributed by atoms with Gasteiger partial charge in [0.1, 0.15) is 12.1 Å². The molecule has 4 N–H and O–H groups in total. The number of amides is 5. The van der Waals surface area contributed by atoms with E-state index >= 15 is 0 Å². The van der Waals surface area contributed by atoms with Gasteiger partial charge in [-0.2, -0.15) is 4.31 Å². The number of nitrogens with one attached hydrogen (secondary N) is 4. The molecule has 2 fully saturated rings. The molecule has 3 rings (SSSR count). The van der Waals surface area contributed by atoms with Crippen molar-refractivity contribution in [3.05, 3.63) is 43.0 Å². The molecule has 1 aromatic rings. The molecule has 0 spiro atoms. The van der Waals surface area contributed by atoms with Crippen LogP contribution in [0.1, 0.15) is 81.6 Å². The summed E-state index contributed by atoms with van der Waals surface area (Å²) >= 11 is 0. The van der Waals surface area contributed by atoms with Crippen molar-refractivity contribution in [1.82, 2.24) is 30.5 Å². The van der Waals surface area contributed by atoms with E-state index in [0.29, 0.717) is 13.0 Å². The number of carbonyl (C=O) groups excluding carboxylic acids is 5. The fraction of sp³-hybridized carbons (Fsp3) is 0.658. The second-order valence-corrected chi connectivity index (χ2v) is 18.9. The standard InChI is InChI=1S/C38H60N6O7S/c1-12-14-20-26(30(45)33(47)39-21-13-2)40-32(46)29-28-25(38(28,9)10)22-44(29)34(48)31(37(6,7)8)42-35(49)41-27(36(3,4)5)23-43(11)52(50,51)24-18-16-15-17-19-24/h13,15-19,25-29,31H,2,12,14,20-23H2,1,3-11H3,(H,39,47)(H,40,46)(H2,41,42,49)/t25-,26?,27+,28-,29-,31+/m0/s1. The molecule has 2 aliphatic rings. The minimum Gasteiger partial charge on any atom is -0.346 e. The number of unbranched alkanes of at least 4 members (excludes halogenated alkanes) is 1. The van der Waals surface area contributed by atoms with Gasteiger partial charge in [-0.3, -0.25) is 19.2 Å². The number of likely N-dealkylation sites (N-methyl/N-ethyl adjacent to an activating group) is 1. The fourth-order valence-corrected chi connectivity index (χ4v) is 8.17. The molecule has 0 radical (unpaired) electrons. The molecule has 52 heavy (non-hydrogen) atoms. The van der Waals surface area contributed by atoms with E-state index in [1.807, 2.05) is 62.3 Å². The lowest BCUT2D eigenvalue weighted by Crippen LogP contribution is -2.62. The van der Waals surface area contributed by atoms with Crippen LogP contribution in [0, 0.1) is 28.1 Å². The van der Waals surface area contributed by atoms with Crippen molar-refractivity contribution in [2.24, 2.45) is 28.1 Å². The minimum absolute atomic E-state index is 0.0291. The summed E-state index contributed by atoms with van der Waals surface area (Å²) in [6.07, 6.45) is 3.07. The van der Waals surface area contributed by atoms with Crippen molar-refractivity contribution < 1.29 is 32.4 Å². The monoisotopic (exact) mass is 744 g/mol. The molecule has 1 saturated carbocycles. The topological polar surface area (TPSA) is 174 Å². The van der Waals surface area contributed by atoms with Crippen LogP contribution in [0.3, 0.4) is 0 Å². The number of likely N-dealkylation sites (tertiary alicyclic amines) is 1. The number of hydrogen-bond donors (Lipinski definition) is 4. The summed E-state index contributed by atoms with van der Waals surface area (Å²) in [5, 5.41) is 11.1. The van der Waals surface area contributed by atoms with Crippen LogP contribution in [-0.4, -0.2) is 98.0 Å². The lowest BCUT2D eigenvalue weighted by Gasteiger charge is -2.39. The van der Waals surface area contributed by atoms with Crippen molar-refractivity contribution in [2.75, 3.05) is 26.7 Å². The van der Waals surface area contributed by atoms with Gasteiger partial charge in [0.15, 0.2) is 0 Å². The maximum Gasteiger partial charge on any atom is 0.315 e. The summed E-state index contributed by atoms with van der Waals surface area (Å²) in [7, 11) is -2.38. The molecular weight excluding hydrogens is 685 g/mol. The molecule has 1 aliphatic heterocycles. The Hall–Kier alpha value is -3.78. The van der Waals surface area contributed by atoms with Gasteiger partial charge in [0.25, 0.3) is 5.91 Å². The molecular formula is C38H60N6O7S. The zero-order valence-electron chi connectivity index (χ0n) is 32.5. The van der Waals surface area contributed by atoms with Crippen LogP contribution >= 0.6 is 0 Å². The Morgan fingerprint density at radius 2 is 1.62 bits per heavy atom. The molecule has 0 bridgehead atoms. The van der Waals surface area contributed by atoms with Crippen LogP contribution in [0.25, 0.3) is 0 Å². The third-order valence-corrected chi connectivity index (χ3v) is 12.3. The first-order valence-corrected chi connectivity index (χ1v) is 19.6. The van der Waals surface area contributed by atoms with E-state index in [1.165, 1.54) is 34.5 Å². The molecule has 0 aromatic heterocycles. The van der Waals surface area contributed by atoms with Gasteiger partial charge >= 0.3 is 6.03 Å². The zero-order valence-corrected chi connectivity index (χ0v) is 33.4. The van der Waals surface area contributed by atoms with E-state index in [1.54, 1.807) is 18.2 Å². The Labute approximate surface area is 310 Å². The molecule has 5 amide bonds. The van der Waals surface area contributed by atoms with Crippen LogP contribution in [0.2, 0.25) is 0 Å². The van der Waals surface area contributed by atoms with Gasteiger partial charge in [-0.15, -0.1) is 6.58 Å². The predicted molar refractivity (Wildman–Crippen MR) is 200 cm³/mol. The number of benzene rings is 1. The Kier molecular flexibility index (Phi) is 13.5. The molecule has 1 aromatic carbocycles. The Bertz CT molecular complexity index is 1600. The average molecular weight is 745 g/mol. The highest BCUT2D eigenvalue weighted by Crippen LogP contribution is 2.65. The molecule has 14 heteroatoms. The number of ketones is 1. The largest absolute Gasteiger partial charge is 0.346 e. The number of carbonyl (C=O) groups is 5. The first kappa shape index (κ1) is 42.6. The van der Waals surface area contributed by atoms with Crippen LogP contribution in [0.15, 0.2) is 47.9 Å². The number of piperidine rings is 1. The lowest BCUT2D eigenvalue weighted by molar-refractivity contribution is -0.145. The summed E-state index contributed by atoms with van der Waals surface area (Å²) in [5.74, 6) is -2.66. The summed E-state index contributed by atoms with van der Waals surface area (Å²) in [4.78, 5) is 69.6. The number of hydrogen-bond acceptors (Lipinski definition) is 7. The Balaban J connectivity index is 1.84. The molecule has 290 valence electrons. The molecule has 1 unspecified atom stereocenters. The van der Waals surface area contributed by atoms with Gasteiger partial charge in [-0.05, 0) is 46.6 Å². The number of urea groups is 1. The fourth-order valence-electron chi connectivity index (χ4n) is 6.97. The Morgan fingerprint density at radius 1 is 1.00 bits per heavy atom. The van der Waals surface area contributed by atoms with Crippen molar-refractivity contribution in [3.8, 4) is 0 Å². The van der Waals surface area contributed by atoms with Gasteiger partial charge in [-0.1, -0.05) is 99.4 Å². The lowest BCUT2D eigenvalue weighted by atomic mass is 9.85. The summed E-state index contributed by atoms with van der Waals surface area (Å²) < 4.78 is 27.8. The Morgan fingerprint density at radius 3 is 2.15 bits per heavy atom. The molecule has 6 atom stereocenters. The van der Waals surface area contributed by atoms with E-state index in [-0.39, 0.29) is 41.7 Å². The van der Waals surface area contributed by atoms with Gasteiger partial charge < -0.3 is 26.2 Å². The van der Waals surface area contributed by atoms with E-state index in [2.05, 4.69) is 27.8 Å². The van der Waals surface area contributed by atoms with Gasteiger partial charge in [0.2, 0.25) is 27.6 Å². The number of nitrogens with zero attached hydrogens (tertiary/aromatic N) is 2. The molecule has 1 aliphatic carbocycles. The molecule has 13 nitrogen and oxygen atoms in total. The van der Waals surface area contributed by atoms with E-state index in [9.17, 15) is 32.4 Å². The van der Waals surface area contributed by atoms with Gasteiger partial charge in [0.05, 0.1) is 10.9 Å². The maximum atomic E-state index is 14.5. The smallest absolute Gasteiger partial charge is 0.315 e. The third kappa shape index (κ3) is 9.80. The van der Waals surface area contributed by atoms with E-state index in [4.69, 9.17) is 0 Å². The van der Waals surface area contributed by atoms with Crippen molar-refractivity contribution >= 4 is 39.6 Å². The summed E-state index contributed by atoms with van der Waals surface area (Å²) in [6.45, 7) is 21.1. The number of sulfonamides is 1. The van der Waals surface area contributed by atoms with Crippen LogP contribution in [-0.2, 0) is 29.2 Å². The zero-order chi connectivity index (χ0) is 39.4. The number of rotatable bonds is 16. The second-order valence-electron chi connectivity index (χ2n) is 16.9. The predicted octanol–water partition coefficient (Wildman–Crippen LogP) is 3.47. The van der Waals surface area contributed by atoms with Crippen LogP contribution in [0.5, 0.6) is 0 Å². The van der Waals surface area contributed by atoms with Crippen LogP contribution < -0.4 is 21.3 Å². The van der Waals surface area contributed by atoms with Gasteiger partial charge in [0, 0.05) is 32.7 Å². The highest BCUT2D eigenvalue weighted by Gasteiger charge is 2.70.